The standard InChI is InChI=1S/C23H35ClN4O2/c1-2-13-26-23(30)28(19-6-4-3-5-7-19)20-12-14-27(16-20)22(29)21(25)15-17-8-10-18(24)11-9-17/h8-11,19-21H,2-7,12-16,25H2,1H3,(H,26,30). The summed E-state index contributed by atoms with van der Waals surface area (Å²) in [5.74, 6) is -0.0370. The van der Waals surface area contributed by atoms with Gasteiger partial charge in [-0.15, -0.1) is 0 Å². The number of hydrogen-bond donors (Lipinski definition) is 2. The molecular formula is C23H35ClN4O2. The van der Waals surface area contributed by atoms with Crippen molar-refractivity contribution in [3.05, 3.63) is 34.9 Å². The largest absolute Gasteiger partial charge is 0.339 e. The summed E-state index contributed by atoms with van der Waals surface area (Å²) in [5.41, 5.74) is 7.24. The zero-order valence-corrected chi connectivity index (χ0v) is 18.7. The van der Waals surface area contributed by atoms with E-state index in [2.05, 4.69) is 12.2 Å². The monoisotopic (exact) mass is 434 g/mol. The Morgan fingerprint density at radius 1 is 1.17 bits per heavy atom. The maximum absolute atomic E-state index is 13.0. The Morgan fingerprint density at radius 2 is 1.87 bits per heavy atom. The third-order valence-electron chi connectivity index (χ3n) is 6.28. The van der Waals surface area contributed by atoms with Crippen molar-refractivity contribution < 1.29 is 9.59 Å². The molecule has 1 saturated carbocycles. The molecule has 0 spiro atoms. The van der Waals surface area contributed by atoms with Crippen molar-refractivity contribution in [3.63, 3.8) is 0 Å². The molecule has 3 rings (SSSR count). The smallest absolute Gasteiger partial charge is 0.317 e. The van der Waals surface area contributed by atoms with Crippen LogP contribution in [0, 0.1) is 0 Å². The van der Waals surface area contributed by atoms with Gasteiger partial charge in [-0.3, -0.25) is 4.79 Å². The molecule has 166 valence electrons. The molecule has 7 heteroatoms. The fourth-order valence-electron chi connectivity index (χ4n) is 4.68. The number of halogens is 1. The molecule has 3 amide bonds. The molecular weight excluding hydrogens is 400 g/mol. The molecule has 2 atom stereocenters. The third-order valence-corrected chi connectivity index (χ3v) is 6.54. The van der Waals surface area contributed by atoms with Crippen molar-refractivity contribution in [3.8, 4) is 0 Å². The van der Waals surface area contributed by atoms with Gasteiger partial charge in [0.1, 0.15) is 0 Å². The quantitative estimate of drug-likeness (QED) is 0.688. The number of nitrogens with two attached hydrogens (primary N) is 1. The molecule has 30 heavy (non-hydrogen) atoms. The molecule has 0 bridgehead atoms. The molecule has 2 unspecified atom stereocenters. The molecule has 1 aliphatic heterocycles. The Kier molecular flexibility index (Phi) is 8.40. The second-order valence-corrected chi connectivity index (χ2v) is 9.03. The van der Waals surface area contributed by atoms with Crippen LogP contribution in [0.4, 0.5) is 4.79 Å². The van der Waals surface area contributed by atoms with Gasteiger partial charge >= 0.3 is 6.03 Å². The van der Waals surface area contributed by atoms with E-state index in [4.69, 9.17) is 17.3 Å². The lowest BCUT2D eigenvalue weighted by Gasteiger charge is -2.38. The Hall–Kier alpha value is -1.79. The second-order valence-electron chi connectivity index (χ2n) is 8.59. The Morgan fingerprint density at radius 3 is 2.53 bits per heavy atom. The lowest BCUT2D eigenvalue weighted by atomic mass is 9.93. The van der Waals surface area contributed by atoms with E-state index in [-0.39, 0.29) is 24.0 Å². The Bertz CT molecular complexity index is 706. The van der Waals surface area contributed by atoms with Crippen LogP contribution in [0.2, 0.25) is 5.02 Å². The number of carbonyl (C=O) groups excluding carboxylic acids is 2. The summed E-state index contributed by atoms with van der Waals surface area (Å²) in [7, 11) is 0. The first-order valence-corrected chi connectivity index (χ1v) is 11.7. The van der Waals surface area contributed by atoms with Crippen molar-refractivity contribution in [1.29, 1.82) is 0 Å². The summed E-state index contributed by atoms with van der Waals surface area (Å²) >= 11 is 5.94. The summed E-state index contributed by atoms with van der Waals surface area (Å²) in [6.07, 6.45) is 7.91. The number of hydrogen-bond acceptors (Lipinski definition) is 3. The van der Waals surface area contributed by atoms with Crippen molar-refractivity contribution in [2.24, 2.45) is 5.73 Å². The van der Waals surface area contributed by atoms with Crippen LogP contribution < -0.4 is 11.1 Å². The summed E-state index contributed by atoms with van der Waals surface area (Å²) in [5, 5.41) is 3.73. The molecule has 0 radical (unpaired) electrons. The van der Waals surface area contributed by atoms with Crippen molar-refractivity contribution in [2.75, 3.05) is 19.6 Å². The van der Waals surface area contributed by atoms with Gasteiger partial charge in [-0.2, -0.15) is 0 Å². The first-order chi connectivity index (χ1) is 14.5. The highest BCUT2D eigenvalue weighted by Gasteiger charge is 2.38. The van der Waals surface area contributed by atoms with Crippen LogP contribution >= 0.6 is 11.6 Å². The highest BCUT2D eigenvalue weighted by Crippen LogP contribution is 2.28. The normalized spacial score (nSPS) is 20.8. The van der Waals surface area contributed by atoms with Crippen LogP contribution in [0.5, 0.6) is 0 Å². The minimum absolute atomic E-state index is 0.0218. The number of amides is 3. The van der Waals surface area contributed by atoms with Crippen molar-refractivity contribution in [1.82, 2.24) is 15.1 Å². The maximum atomic E-state index is 13.0. The minimum Gasteiger partial charge on any atom is -0.339 e. The fourth-order valence-corrected chi connectivity index (χ4v) is 4.80. The maximum Gasteiger partial charge on any atom is 0.317 e. The molecule has 1 heterocycles. The number of rotatable bonds is 7. The number of carbonyl (C=O) groups is 2. The van der Waals surface area contributed by atoms with Gasteiger partial charge in [0.25, 0.3) is 0 Å². The SMILES string of the molecule is CCCNC(=O)N(C1CCCCC1)C1CCN(C(=O)C(N)Cc2ccc(Cl)cc2)C1. The van der Waals surface area contributed by atoms with Gasteiger partial charge in [-0.25, -0.2) is 4.79 Å². The Labute approximate surface area is 185 Å². The predicted octanol–water partition coefficient (Wildman–Crippen LogP) is 3.57. The van der Waals surface area contributed by atoms with Crippen LogP contribution in [0.15, 0.2) is 24.3 Å². The molecule has 1 aliphatic carbocycles. The summed E-state index contributed by atoms with van der Waals surface area (Å²) in [6, 6.07) is 7.23. The van der Waals surface area contributed by atoms with Gasteiger partial charge in [0, 0.05) is 30.7 Å². The van der Waals surface area contributed by atoms with E-state index in [1.54, 1.807) is 0 Å². The van der Waals surface area contributed by atoms with Crippen molar-refractivity contribution >= 4 is 23.5 Å². The van der Waals surface area contributed by atoms with Crippen LogP contribution in [-0.2, 0) is 11.2 Å². The number of nitrogens with one attached hydrogen (secondary N) is 1. The fraction of sp³-hybridized carbons (Fsp3) is 0.652. The average molecular weight is 435 g/mol. The lowest BCUT2D eigenvalue weighted by molar-refractivity contribution is -0.131. The third kappa shape index (κ3) is 5.88. The first kappa shape index (κ1) is 22.9. The average Bonchev–Trinajstić information content (AvgIpc) is 3.23. The zero-order chi connectivity index (χ0) is 21.5. The molecule has 3 N–H and O–H groups in total. The minimum atomic E-state index is -0.582. The molecule has 0 aromatic heterocycles. The highest BCUT2D eigenvalue weighted by molar-refractivity contribution is 6.30. The van der Waals surface area contributed by atoms with E-state index in [0.29, 0.717) is 31.1 Å². The summed E-state index contributed by atoms with van der Waals surface area (Å²) in [6.45, 7) is 3.97. The number of urea groups is 1. The first-order valence-electron chi connectivity index (χ1n) is 11.3. The summed E-state index contributed by atoms with van der Waals surface area (Å²) in [4.78, 5) is 29.8. The van der Waals surface area contributed by atoms with Crippen LogP contribution in [0.1, 0.15) is 57.4 Å². The molecule has 1 saturated heterocycles. The Balaban J connectivity index is 1.61. The molecule has 1 aromatic carbocycles. The van der Waals surface area contributed by atoms with Crippen LogP contribution in [0.3, 0.4) is 0 Å². The van der Waals surface area contributed by atoms with E-state index in [1.165, 1.54) is 19.3 Å². The molecule has 2 aliphatic rings. The lowest BCUT2D eigenvalue weighted by Crippen LogP contribution is -2.54. The molecule has 1 aromatic rings. The highest BCUT2D eigenvalue weighted by atomic mass is 35.5. The summed E-state index contributed by atoms with van der Waals surface area (Å²) < 4.78 is 0. The molecule has 2 fully saturated rings. The van der Waals surface area contributed by atoms with E-state index < -0.39 is 6.04 Å². The van der Waals surface area contributed by atoms with Gasteiger partial charge < -0.3 is 20.9 Å². The van der Waals surface area contributed by atoms with Gasteiger partial charge in [0.2, 0.25) is 5.91 Å². The van der Waals surface area contributed by atoms with Crippen LogP contribution in [-0.4, -0.2) is 59.5 Å². The van der Waals surface area contributed by atoms with E-state index in [1.807, 2.05) is 34.1 Å². The number of nitrogens with zero attached hydrogens (tertiary/aromatic N) is 2. The van der Waals surface area contributed by atoms with Crippen molar-refractivity contribution in [2.45, 2.75) is 76.4 Å². The van der Waals surface area contributed by atoms with Gasteiger partial charge in [-0.1, -0.05) is 49.9 Å². The predicted molar refractivity (Wildman–Crippen MR) is 121 cm³/mol. The number of likely N-dealkylation sites (tertiary alicyclic amines) is 1. The van der Waals surface area contributed by atoms with E-state index in [9.17, 15) is 9.59 Å². The van der Waals surface area contributed by atoms with Gasteiger partial charge in [-0.05, 0) is 49.8 Å². The number of benzene rings is 1. The molecule has 6 nitrogen and oxygen atoms in total. The van der Waals surface area contributed by atoms with Crippen LogP contribution in [0.25, 0.3) is 0 Å². The van der Waals surface area contributed by atoms with Gasteiger partial charge in [0.05, 0.1) is 12.1 Å². The van der Waals surface area contributed by atoms with E-state index in [0.717, 1.165) is 31.2 Å². The van der Waals surface area contributed by atoms with E-state index >= 15 is 0 Å². The topological polar surface area (TPSA) is 78.7 Å². The second kappa shape index (κ2) is 11.0. The van der Waals surface area contributed by atoms with Gasteiger partial charge in [0.15, 0.2) is 0 Å². The zero-order valence-electron chi connectivity index (χ0n) is 18.0.